The van der Waals surface area contributed by atoms with Crippen molar-refractivity contribution in [3.63, 3.8) is 0 Å². The molecule has 0 spiro atoms. The van der Waals surface area contributed by atoms with E-state index in [0.29, 0.717) is 62.8 Å². The average Bonchev–Trinajstić information content (AvgIpc) is 3.14. The van der Waals surface area contributed by atoms with Crippen LogP contribution in [0.4, 0.5) is 5.88 Å². The third-order valence-corrected chi connectivity index (χ3v) is 4.82. The smallest absolute Gasteiger partial charge is 0.234 e. The summed E-state index contributed by atoms with van der Waals surface area (Å²) in [7, 11) is 0. The highest BCUT2D eigenvalue weighted by atomic mass is 16.5. The Kier molecular flexibility index (Phi) is 3.69. The van der Waals surface area contributed by atoms with Crippen LogP contribution in [0.15, 0.2) is 4.42 Å². The van der Waals surface area contributed by atoms with Crippen LogP contribution in [0, 0.1) is 17.2 Å². The molecule has 2 aliphatic heterocycles. The van der Waals surface area contributed by atoms with E-state index < -0.39 is 0 Å². The van der Waals surface area contributed by atoms with Gasteiger partial charge in [0.05, 0.1) is 12.5 Å². The number of carbonyl (C=O) groups excluding carboxylic acids is 1. The molecule has 0 aromatic carbocycles. The summed E-state index contributed by atoms with van der Waals surface area (Å²) in [6.45, 7) is 3.88. The topological polar surface area (TPSA) is 82.6 Å². The number of hydrogen-bond acceptors (Lipinski definition) is 6. The molecular weight excluding hydrogens is 296 g/mol. The van der Waals surface area contributed by atoms with Gasteiger partial charge in [-0.25, -0.2) is 4.98 Å². The molecule has 4 rings (SSSR count). The standard InChI is InChI=1S/C16H20N4O3/c17-9-13-16(23-14(18-13)11-1-2-11)20-6-4-19(5-7-20)15(21)12-3-8-22-10-12/h11-12H,1-8,10H2/t12-/m0/s1. The Hall–Kier alpha value is -2.07. The largest absolute Gasteiger partial charge is 0.423 e. The van der Waals surface area contributed by atoms with E-state index in [1.807, 2.05) is 9.80 Å². The summed E-state index contributed by atoms with van der Waals surface area (Å²) < 4.78 is 11.1. The highest BCUT2D eigenvalue weighted by Gasteiger charge is 2.34. The minimum absolute atomic E-state index is 0.0166. The van der Waals surface area contributed by atoms with Crippen molar-refractivity contribution in [2.75, 3.05) is 44.3 Å². The van der Waals surface area contributed by atoms with Crippen LogP contribution in [0.5, 0.6) is 0 Å². The average molecular weight is 316 g/mol. The number of amides is 1. The first kappa shape index (κ1) is 14.5. The number of carbonyl (C=O) groups is 1. The molecule has 0 unspecified atom stereocenters. The second-order valence-corrected chi connectivity index (χ2v) is 6.46. The van der Waals surface area contributed by atoms with Crippen molar-refractivity contribution >= 4 is 11.8 Å². The quantitative estimate of drug-likeness (QED) is 0.831. The highest BCUT2D eigenvalue weighted by Crippen LogP contribution is 2.41. The van der Waals surface area contributed by atoms with E-state index in [4.69, 9.17) is 9.15 Å². The lowest BCUT2D eigenvalue weighted by Crippen LogP contribution is -2.50. The highest BCUT2D eigenvalue weighted by molar-refractivity contribution is 5.79. The van der Waals surface area contributed by atoms with Gasteiger partial charge in [0, 0.05) is 38.7 Å². The predicted molar refractivity (Wildman–Crippen MR) is 80.9 cm³/mol. The molecule has 1 aliphatic carbocycles. The van der Waals surface area contributed by atoms with Gasteiger partial charge < -0.3 is 19.0 Å². The van der Waals surface area contributed by atoms with E-state index in [2.05, 4.69) is 11.1 Å². The fraction of sp³-hybridized carbons (Fsp3) is 0.688. The van der Waals surface area contributed by atoms with Crippen molar-refractivity contribution < 1.29 is 13.9 Å². The summed E-state index contributed by atoms with van der Waals surface area (Å²) in [6.07, 6.45) is 3.01. The number of nitrogens with zero attached hydrogens (tertiary/aromatic N) is 4. The maximum absolute atomic E-state index is 12.4. The SMILES string of the molecule is N#Cc1nc(C2CC2)oc1N1CCN(C(=O)[C@H]2CCOC2)CC1. The number of oxazole rings is 1. The minimum Gasteiger partial charge on any atom is -0.423 e. The predicted octanol–water partition coefficient (Wildman–Crippen LogP) is 1.11. The number of rotatable bonds is 3. The lowest BCUT2D eigenvalue weighted by Gasteiger charge is -2.35. The van der Waals surface area contributed by atoms with Crippen molar-refractivity contribution in [3.8, 4) is 6.07 Å². The number of anilines is 1. The Balaban J connectivity index is 1.41. The maximum Gasteiger partial charge on any atom is 0.234 e. The first-order valence-electron chi connectivity index (χ1n) is 8.28. The van der Waals surface area contributed by atoms with Gasteiger partial charge in [-0.1, -0.05) is 0 Å². The zero-order valence-corrected chi connectivity index (χ0v) is 13.0. The third-order valence-electron chi connectivity index (χ3n) is 4.82. The van der Waals surface area contributed by atoms with E-state index >= 15 is 0 Å². The molecule has 3 aliphatic rings. The van der Waals surface area contributed by atoms with E-state index in [-0.39, 0.29) is 11.8 Å². The maximum atomic E-state index is 12.4. The van der Waals surface area contributed by atoms with Gasteiger partial charge in [-0.05, 0) is 19.3 Å². The lowest BCUT2D eigenvalue weighted by molar-refractivity contribution is -0.135. The Labute approximate surface area is 134 Å². The van der Waals surface area contributed by atoms with Crippen molar-refractivity contribution in [3.05, 3.63) is 11.6 Å². The molecule has 7 heteroatoms. The van der Waals surface area contributed by atoms with Crippen LogP contribution in [0.25, 0.3) is 0 Å². The van der Waals surface area contributed by atoms with Gasteiger partial charge in [0.2, 0.25) is 23.4 Å². The number of piperazine rings is 1. The second-order valence-electron chi connectivity index (χ2n) is 6.46. The van der Waals surface area contributed by atoms with Gasteiger partial charge in [-0.2, -0.15) is 5.26 Å². The molecule has 1 atom stereocenters. The van der Waals surface area contributed by atoms with Crippen LogP contribution in [0.2, 0.25) is 0 Å². The number of ether oxygens (including phenoxy) is 1. The zero-order valence-electron chi connectivity index (χ0n) is 13.0. The van der Waals surface area contributed by atoms with Crippen LogP contribution < -0.4 is 4.90 Å². The lowest BCUT2D eigenvalue weighted by atomic mass is 10.1. The summed E-state index contributed by atoms with van der Waals surface area (Å²) >= 11 is 0. The van der Waals surface area contributed by atoms with Gasteiger partial charge >= 0.3 is 0 Å². The first-order chi connectivity index (χ1) is 11.3. The molecule has 3 heterocycles. The second kappa shape index (κ2) is 5.85. The molecule has 3 fully saturated rings. The van der Waals surface area contributed by atoms with Gasteiger partial charge in [0.15, 0.2) is 0 Å². The molecule has 23 heavy (non-hydrogen) atoms. The Bertz CT molecular complexity index is 632. The monoisotopic (exact) mass is 316 g/mol. The van der Waals surface area contributed by atoms with E-state index in [9.17, 15) is 10.1 Å². The minimum atomic E-state index is 0.0166. The van der Waals surface area contributed by atoms with Crippen LogP contribution in [-0.2, 0) is 9.53 Å². The van der Waals surface area contributed by atoms with Crippen LogP contribution in [0.3, 0.4) is 0 Å². The summed E-state index contributed by atoms with van der Waals surface area (Å²) in [6, 6.07) is 2.13. The van der Waals surface area contributed by atoms with Crippen molar-refractivity contribution in [2.45, 2.75) is 25.2 Å². The van der Waals surface area contributed by atoms with Crippen molar-refractivity contribution in [2.24, 2.45) is 5.92 Å². The van der Waals surface area contributed by atoms with Crippen LogP contribution >= 0.6 is 0 Å². The first-order valence-corrected chi connectivity index (χ1v) is 8.28. The molecule has 7 nitrogen and oxygen atoms in total. The Morgan fingerprint density at radius 3 is 2.61 bits per heavy atom. The normalized spacial score (nSPS) is 24.7. The van der Waals surface area contributed by atoms with Crippen LogP contribution in [-0.4, -0.2) is 55.2 Å². The molecule has 1 saturated carbocycles. The van der Waals surface area contributed by atoms with Gasteiger partial charge in [-0.15, -0.1) is 0 Å². The molecule has 1 aromatic heterocycles. The van der Waals surface area contributed by atoms with Gasteiger partial charge in [-0.3, -0.25) is 4.79 Å². The molecule has 0 N–H and O–H groups in total. The van der Waals surface area contributed by atoms with Crippen molar-refractivity contribution in [1.82, 2.24) is 9.88 Å². The summed E-state index contributed by atoms with van der Waals surface area (Å²) in [4.78, 5) is 20.7. The Morgan fingerprint density at radius 1 is 1.22 bits per heavy atom. The molecule has 2 saturated heterocycles. The van der Waals surface area contributed by atoms with Gasteiger partial charge in [0.25, 0.3) is 0 Å². The molecular formula is C16H20N4O3. The van der Waals surface area contributed by atoms with Crippen LogP contribution in [0.1, 0.15) is 36.8 Å². The fourth-order valence-electron chi connectivity index (χ4n) is 3.24. The fourth-order valence-corrected chi connectivity index (χ4v) is 3.24. The van der Waals surface area contributed by atoms with E-state index in [0.717, 1.165) is 19.3 Å². The summed E-state index contributed by atoms with van der Waals surface area (Å²) in [5.74, 6) is 1.87. The third kappa shape index (κ3) is 2.79. The summed E-state index contributed by atoms with van der Waals surface area (Å²) in [5.41, 5.74) is 0.371. The van der Waals surface area contributed by atoms with Crippen molar-refractivity contribution in [1.29, 1.82) is 5.26 Å². The molecule has 122 valence electrons. The molecule has 1 aromatic rings. The Morgan fingerprint density at radius 2 is 2.00 bits per heavy atom. The van der Waals surface area contributed by atoms with E-state index in [1.165, 1.54) is 0 Å². The van der Waals surface area contributed by atoms with Gasteiger partial charge in [0.1, 0.15) is 6.07 Å². The summed E-state index contributed by atoms with van der Waals surface area (Å²) in [5, 5.41) is 9.27. The number of hydrogen-bond donors (Lipinski definition) is 0. The number of nitriles is 1. The molecule has 0 radical (unpaired) electrons. The zero-order chi connectivity index (χ0) is 15.8. The molecule has 0 bridgehead atoms. The molecule has 1 amide bonds. The number of aromatic nitrogens is 1. The van der Waals surface area contributed by atoms with E-state index in [1.54, 1.807) is 0 Å².